The number of hydrogen-bond donors (Lipinski definition) is 1. The summed E-state index contributed by atoms with van der Waals surface area (Å²) in [6.45, 7) is -1.55. The van der Waals surface area contributed by atoms with Crippen LogP contribution in [0.5, 0.6) is 0 Å². The van der Waals surface area contributed by atoms with Crippen LogP contribution in [0.25, 0.3) is 0 Å². The summed E-state index contributed by atoms with van der Waals surface area (Å²) in [7, 11) is 1.92. The van der Waals surface area contributed by atoms with E-state index in [4.69, 9.17) is 5.73 Å². The van der Waals surface area contributed by atoms with Gasteiger partial charge in [-0.3, -0.25) is 9.47 Å². The number of halogens is 2. The normalized spacial score (nSPS) is 18.0. The molecule has 0 saturated heterocycles. The van der Waals surface area contributed by atoms with Crippen molar-refractivity contribution >= 4 is 0 Å². The zero-order chi connectivity index (χ0) is 12.4. The highest BCUT2D eigenvalue weighted by Gasteiger charge is 2.33. The number of nitrogens with two attached hydrogens (primary N) is 1. The molecule has 1 fully saturated rings. The molecule has 1 saturated carbocycles. The van der Waals surface area contributed by atoms with Gasteiger partial charge in [0.2, 0.25) is 0 Å². The molecule has 17 heavy (non-hydrogen) atoms. The van der Waals surface area contributed by atoms with Crippen LogP contribution in [-0.4, -0.2) is 34.1 Å². The van der Waals surface area contributed by atoms with Crippen molar-refractivity contribution in [2.75, 3.05) is 13.6 Å². The molecular formula is C11H18F2N4. The molecule has 1 unspecified atom stereocenters. The molecule has 2 N–H and O–H groups in total. The molecule has 1 heterocycles. The van der Waals surface area contributed by atoms with Crippen LogP contribution in [0.4, 0.5) is 8.78 Å². The standard InChI is InChI=1S/C11H18F2N4/c1-16(9(6-14)8-2-3-8)7-10-15-4-5-17(10)11(12)13/h4-5,8-9,11H,2-3,6-7,14H2,1H3. The molecule has 1 aromatic heterocycles. The predicted molar refractivity (Wildman–Crippen MR) is 60.5 cm³/mol. The maximum absolute atomic E-state index is 12.6. The number of nitrogens with zero attached hydrogens (tertiary/aromatic N) is 3. The van der Waals surface area contributed by atoms with Gasteiger partial charge in [-0.2, -0.15) is 8.78 Å². The molecule has 0 spiro atoms. The Hall–Kier alpha value is -1.01. The molecule has 4 nitrogen and oxygen atoms in total. The third kappa shape index (κ3) is 2.81. The van der Waals surface area contributed by atoms with Crippen LogP contribution in [0.15, 0.2) is 12.4 Å². The summed E-state index contributed by atoms with van der Waals surface area (Å²) in [5.74, 6) is 1.02. The predicted octanol–water partition coefficient (Wildman–Crippen LogP) is 1.45. The van der Waals surface area contributed by atoms with Gasteiger partial charge in [0.15, 0.2) is 0 Å². The molecule has 0 amide bonds. The molecule has 1 aromatic rings. The molecule has 0 aliphatic heterocycles. The molecular weight excluding hydrogens is 226 g/mol. The van der Waals surface area contributed by atoms with Gasteiger partial charge < -0.3 is 5.73 Å². The lowest BCUT2D eigenvalue weighted by atomic mass is 10.1. The largest absolute Gasteiger partial charge is 0.329 e. The van der Waals surface area contributed by atoms with Crippen LogP contribution in [0.1, 0.15) is 25.2 Å². The van der Waals surface area contributed by atoms with Gasteiger partial charge in [0.05, 0.1) is 6.54 Å². The number of imidazole rings is 1. The third-order valence-electron chi connectivity index (χ3n) is 3.32. The van der Waals surface area contributed by atoms with Crippen molar-refractivity contribution in [2.24, 2.45) is 11.7 Å². The Morgan fingerprint density at radius 3 is 2.82 bits per heavy atom. The van der Waals surface area contributed by atoms with Gasteiger partial charge in [-0.05, 0) is 25.8 Å². The van der Waals surface area contributed by atoms with E-state index in [0.29, 0.717) is 24.8 Å². The summed E-state index contributed by atoms with van der Waals surface area (Å²) in [4.78, 5) is 6.00. The van der Waals surface area contributed by atoms with Gasteiger partial charge in [-0.25, -0.2) is 4.98 Å². The Labute approximate surface area is 99.4 Å². The van der Waals surface area contributed by atoms with Gasteiger partial charge in [0.1, 0.15) is 5.82 Å². The smallest absolute Gasteiger partial charge is 0.319 e. The lowest BCUT2D eigenvalue weighted by Gasteiger charge is -2.26. The van der Waals surface area contributed by atoms with Crippen molar-refractivity contribution in [3.63, 3.8) is 0 Å². The van der Waals surface area contributed by atoms with Crippen molar-refractivity contribution in [3.05, 3.63) is 18.2 Å². The number of rotatable bonds is 6. The fourth-order valence-corrected chi connectivity index (χ4v) is 2.20. The average Bonchev–Trinajstić information content (AvgIpc) is 2.98. The summed E-state index contributed by atoms with van der Waals surface area (Å²) < 4.78 is 26.2. The van der Waals surface area contributed by atoms with E-state index in [1.54, 1.807) is 0 Å². The fourth-order valence-electron chi connectivity index (χ4n) is 2.20. The van der Waals surface area contributed by atoms with Gasteiger partial charge >= 0.3 is 6.55 Å². The van der Waals surface area contributed by atoms with Crippen molar-refractivity contribution in [3.8, 4) is 0 Å². The zero-order valence-electron chi connectivity index (χ0n) is 9.89. The van der Waals surface area contributed by atoms with E-state index in [0.717, 1.165) is 4.57 Å². The Bertz CT molecular complexity index is 362. The summed E-state index contributed by atoms with van der Waals surface area (Å²) >= 11 is 0. The Morgan fingerprint density at radius 1 is 1.59 bits per heavy atom. The second kappa shape index (κ2) is 5.10. The van der Waals surface area contributed by atoms with E-state index in [1.165, 1.54) is 25.2 Å². The molecule has 6 heteroatoms. The van der Waals surface area contributed by atoms with Crippen molar-refractivity contribution in [1.82, 2.24) is 14.5 Å². The zero-order valence-corrected chi connectivity index (χ0v) is 9.89. The number of aromatic nitrogens is 2. The lowest BCUT2D eigenvalue weighted by molar-refractivity contribution is 0.0631. The van der Waals surface area contributed by atoms with Crippen LogP contribution in [-0.2, 0) is 6.54 Å². The van der Waals surface area contributed by atoms with Gasteiger partial charge in [-0.1, -0.05) is 0 Å². The van der Waals surface area contributed by atoms with Crippen molar-refractivity contribution < 1.29 is 8.78 Å². The molecule has 0 aromatic carbocycles. The minimum Gasteiger partial charge on any atom is -0.329 e. The minimum absolute atomic E-state index is 0.276. The van der Waals surface area contributed by atoms with Crippen molar-refractivity contribution in [2.45, 2.75) is 32.0 Å². The van der Waals surface area contributed by atoms with E-state index in [1.807, 2.05) is 11.9 Å². The van der Waals surface area contributed by atoms with Crippen LogP contribution in [0.3, 0.4) is 0 Å². The quantitative estimate of drug-likeness (QED) is 0.823. The first-order valence-corrected chi connectivity index (χ1v) is 5.83. The first kappa shape index (κ1) is 12.4. The summed E-state index contributed by atoms with van der Waals surface area (Å²) in [5, 5.41) is 0. The second-order valence-corrected chi connectivity index (χ2v) is 4.58. The fraction of sp³-hybridized carbons (Fsp3) is 0.727. The maximum atomic E-state index is 12.6. The van der Waals surface area contributed by atoms with Crippen molar-refractivity contribution in [1.29, 1.82) is 0 Å². The summed E-state index contributed by atoms with van der Waals surface area (Å²) in [6.07, 6.45) is 5.09. The first-order chi connectivity index (χ1) is 8.13. The van der Waals surface area contributed by atoms with Gasteiger partial charge in [0.25, 0.3) is 0 Å². The maximum Gasteiger partial charge on any atom is 0.319 e. The topological polar surface area (TPSA) is 47.1 Å². The SMILES string of the molecule is CN(Cc1nccn1C(F)F)C(CN)C1CC1. The number of hydrogen-bond acceptors (Lipinski definition) is 3. The average molecular weight is 244 g/mol. The molecule has 2 rings (SSSR count). The van der Waals surface area contributed by atoms with E-state index >= 15 is 0 Å². The highest BCUT2D eigenvalue weighted by molar-refractivity contribution is 4.95. The molecule has 1 atom stereocenters. The van der Waals surface area contributed by atoms with Crippen LogP contribution in [0, 0.1) is 5.92 Å². The lowest BCUT2D eigenvalue weighted by Crippen LogP contribution is -2.39. The van der Waals surface area contributed by atoms with Crippen LogP contribution in [0.2, 0.25) is 0 Å². The Kier molecular flexibility index (Phi) is 3.73. The molecule has 96 valence electrons. The minimum atomic E-state index is -2.53. The second-order valence-electron chi connectivity index (χ2n) is 4.58. The van der Waals surface area contributed by atoms with E-state index < -0.39 is 6.55 Å². The molecule has 1 aliphatic carbocycles. The van der Waals surface area contributed by atoms with Gasteiger partial charge in [0, 0.05) is 25.0 Å². The number of likely N-dealkylation sites (N-methyl/N-ethyl adjacent to an activating group) is 1. The van der Waals surface area contributed by atoms with E-state index in [9.17, 15) is 8.78 Å². The highest BCUT2D eigenvalue weighted by Crippen LogP contribution is 2.34. The molecule has 0 radical (unpaired) electrons. The van der Waals surface area contributed by atoms with Crippen LogP contribution >= 0.6 is 0 Å². The van der Waals surface area contributed by atoms with E-state index in [-0.39, 0.29) is 6.04 Å². The Balaban J connectivity index is 2.01. The highest BCUT2D eigenvalue weighted by atomic mass is 19.3. The van der Waals surface area contributed by atoms with Crippen LogP contribution < -0.4 is 5.73 Å². The Morgan fingerprint density at radius 2 is 2.29 bits per heavy atom. The van der Waals surface area contributed by atoms with Gasteiger partial charge in [-0.15, -0.1) is 0 Å². The van der Waals surface area contributed by atoms with E-state index in [2.05, 4.69) is 4.98 Å². The monoisotopic (exact) mass is 244 g/mol. The third-order valence-corrected chi connectivity index (χ3v) is 3.32. The molecule has 0 bridgehead atoms. The molecule has 1 aliphatic rings. The number of alkyl halides is 2. The first-order valence-electron chi connectivity index (χ1n) is 5.83. The summed E-state index contributed by atoms with van der Waals surface area (Å²) in [6, 6.07) is 0.276. The summed E-state index contributed by atoms with van der Waals surface area (Å²) in [5.41, 5.74) is 5.72.